The number of hydrogen-bond acceptors (Lipinski definition) is 2. The first-order valence-corrected chi connectivity index (χ1v) is 14.3. The molecule has 2 aliphatic carbocycles. The van der Waals surface area contributed by atoms with Crippen molar-refractivity contribution >= 4 is 29.1 Å². The number of aromatic nitrogens is 1. The molecule has 1 aromatic heterocycles. The lowest BCUT2D eigenvalue weighted by Crippen LogP contribution is -2.02. The van der Waals surface area contributed by atoms with Gasteiger partial charge >= 0.3 is 0 Å². The van der Waals surface area contributed by atoms with Gasteiger partial charge in [-0.3, -0.25) is 0 Å². The molecule has 198 valence electrons. The Hall–Kier alpha value is -4.00. The van der Waals surface area contributed by atoms with E-state index >= 15 is 0 Å². The van der Waals surface area contributed by atoms with E-state index in [2.05, 4.69) is 125 Å². The number of allylic oxidation sites excluding steroid dienone is 18. The molecule has 2 heteroatoms. The molecule has 0 radical (unpaired) electrons. The van der Waals surface area contributed by atoms with E-state index in [-0.39, 0.29) is 0 Å². The fraction of sp³-hybridized carbons (Fsp3) is 0.270. The number of hydrogen-bond donors (Lipinski definition) is 0. The molecule has 0 atom stereocenters. The predicted molar refractivity (Wildman–Crippen MR) is 171 cm³/mol. The van der Waals surface area contributed by atoms with Gasteiger partial charge in [-0.05, 0) is 85.9 Å². The van der Waals surface area contributed by atoms with Gasteiger partial charge < -0.3 is 0 Å². The fourth-order valence-electron chi connectivity index (χ4n) is 4.82. The maximum Gasteiger partial charge on any atom is 0.132 e. The second-order valence-corrected chi connectivity index (χ2v) is 9.78. The third-order valence-electron chi connectivity index (χ3n) is 7.05. The van der Waals surface area contributed by atoms with E-state index in [9.17, 15) is 0 Å². The van der Waals surface area contributed by atoms with Crippen LogP contribution < -0.4 is 0 Å². The van der Waals surface area contributed by atoms with Crippen molar-refractivity contribution in [3.63, 3.8) is 0 Å². The summed E-state index contributed by atoms with van der Waals surface area (Å²) < 4.78 is 0. The molecule has 0 amide bonds. The van der Waals surface area contributed by atoms with E-state index in [1.165, 1.54) is 27.9 Å². The predicted octanol–water partition coefficient (Wildman–Crippen LogP) is 10.3. The van der Waals surface area contributed by atoms with Crippen LogP contribution in [-0.2, 0) is 0 Å². The van der Waals surface area contributed by atoms with Crippen LogP contribution >= 0.6 is 0 Å². The molecule has 3 aliphatic rings. The van der Waals surface area contributed by atoms with Crippen molar-refractivity contribution in [2.75, 3.05) is 0 Å². The smallest absolute Gasteiger partial charge is 0.132 e. The van der Waals surface area contributed by atoms with Gasteiger partial charge in [0, 0.05) is 17.4 Å². The molecule has 2 bridgehead atoms. The highest BCUT2D eigenvalue weighted by atomic mass is 14.8. The fourth-order valence-corrected chi connectivity index (χ4v) is 4.82. The van der Waals surface area contributed by atoms with Gasteiger partial charge in [-0.15, -0.1) is 0 Å². The Kier molecular flexibility index (Phi) is 10.2. The Labute approximate surface area is 235 Å². The molecule has 0 saturated carbocycles. The number of nitrogens with zero attached hydrogens (tertiary/aromatic N) is 2. The summed E-state index contributed by atoms with van der Waals surface area (Å²) in [5, 5.41) is 0. The van der Waals surface area contributed by atoms with E-state index in [1.807, 2.05) is 6.21 Å². The zero-order chi connectivity index (χ0) is 27.5. The SMILES string of the molecule is C/C=C(\C=C/CC)c1cc(/C(=C/C=C2CC=CC2)CC)nc2c1C=CC1=C=C2N=CC=C1C/C=C\C=C/CC. The Balaban J connectivity index is 1.84. The molecule has 2 heterocycles. The molecule has 2 nitrogen and oxygen atoms in total. The number of aliphatic imine (C=N–C) groups is 1. The van der Waals surface area contributed by atoms with E-state index in [0.717, 1.165) is 66.7 Å². The second-order valence-electron chi connectivity index (χ2n) is 9.78. The van der Waals surface area contributed by atoms with Crippen LogP contribution in [-0.4, -0.2) is 11.2 Å². The minimum Gasteiger partial charge on any atom is -0.246 e. The largest absolute Gasteiger partial charge is 0.246 e. The summed E-state index contributed by atoms with van der Waals surface area (Å²) in [6.45, 7) is 8.63. The van der Waals surface area contributed by atoms with Gasteiger partial charge in [-0.1, -0.05) is 105 Å². The maximum atomic E-state index is 5.24. The topological polar surface area (TPSA) is 25.2 Å². The first kappa shape index (κ1) is 28.0. The molecule has 39 heavy (non-hydrogen) atoms. The maximum absolute atomic E-state index is 5.24. The van der Waals surface area contributed by atoms with E-state index < -0.39 is 0 Å². The highest BCUT2D eigenvalue weighted by Crippen LogP contribution is 2.35. The van der Waals surface area contributed by atoms with Crippen LogP contribution in [0, 0.1) is 0 Å². The monoisotopic (exact) mass is 512 g/mol. The van der Waals surface area contributed by atoms with Crippen molar-refractivity contribution in [1.29, 1.82) is 0 Å². The Morgan fingerprint density at radius 2 is 1.79 bits per heavy atom. The first-order valence-electron chi connectivity index (χ1n) is 14.3. The molecule has 0 fully saturated rings. The van der Waals surface area contributed by atoms with Crippen LogP contribution in [0.3, 0.4) is 0 Å². The minimum atomic E-state index is 0.790. The minimum absolute atomic E-state index is 0.790. The van der Waals surface area contributed by atoms with Gasteiger partial charge in [0.05, 0.1) is 5.69 Å². The van der Waals surface area contributed by atoms with Crippen molar-refractivity contribution in [3.05, 3.63) is 130 Å². The lowest BCUT2D eigenvalue weighted by atomic mass is 9.93. The Bertz CT molecular complexity index is 1440. The molecular formula is C37H40N2. The zero-order valence-electron chi connectivity index (χ0n) is 23.9. The molecular weight excluding hydrogens is 472 g/mol. The second kappa shape index (κ2) is 14.2. The quantitative estimate of drug-likeness (QED) is 0.174. The molecule has 4 rings (SSSR count). The summed E-state index contributed by atoms with van der Waals surface area (Å²) in [5.41, 5.74) is 14.7. The lowest BCUT2D eigenvalue weighted by Gasteiger charge is -2.16. The average Bonchev–Trinajstić information content (AvgIpc) is 3.31. The third kappa shape index (κ3) is 7.11. The van der Waals surface area contributed by atoms with E-state index in [4.69, 9.17) is 9.98 Å². The molecule has 0 aromatic carbocycles. The summed E-state index contributed by atoms with van der Waals surface area (Å²) in [7, 11) is 0. The third-order valence-corrected chi connectivity index (χ3v) is 7.05. The van der Waals surface area contributed by atoms with E-state index in [0.29, 0.717) is 0 Å². The highest BCUT2D eigenvalue weighted by molar-refractivity contribution is 5.91. The lowest BCUT2D eigenvalue weighted by molar-refractivity contribution is 1.14. The van der Waals surface area contributed by atoms with Crippen molar-refractivity contribution in [2.24, 2.45) is 4.99 Å². The molecule has 0 spiro atoms. The van der Waals surface area contributed by atoms with Crippen LogP contribution in [0.2, 0.25) is 0 Å². The zero-order valence-corrected chi connectivity index (χ0v) is 23.9. The van der Waals surface area contributed by atoms with Crippen LogP contribution in [0.4, 0.5) is 0 Å². The number of pyridine rings is 1. The molecule has 1 aliphatic heterocycles. The van der Waals surface area contributed by atoms with Crippen LogP contribution in [0.5, 0.6) is 0 Å². The number of fused-ring (bicyclic) bond motifs is 2. The first-order chi connectivity index (χ1) is 19.2. The summed E-state index contributed by atoms with van der Waals surface area (Å²) >= 11 is 0. The van der Waals surface area contributed by atoms with Crippen molar-refractivity contribution in [1.82, 2.24) is 4.98 Å². The summed E-state index contributed by atoms with van der Waals surface area (Å²) in [6, 6.07) is 2.26. The van der Waals surface area contributed by atoms with Crippen LogP contribution in [0.25, 0.3) is 22.9 Å². The molecule has 0 saturated heterocycles. The van der Waals surface area contributed by atoms with Gasteiger partial charge in [-0.2, -0.15) is 0 Å². The highest BCUT2D eigenvalue weighted by Gasteiger charge is 2.20. The summed E-state index contributed by atoms with van der Waals surface area (Å²) in [5.74, 6) is 0. The Morgan fingerprint density at radius 1 is 1.00 bits per heavy atom. The molecule has 0 unspecified atom stereocenters. The summed E-state index contributed by atoms with van der Waals surface area (Å²) in [6.07, 6.45) is 38.5. The van der Waals surface area contributed by atoms with Crippen molar-refractivity contribution in [2.45, 2.75) is 66.2 Å². The van der Waals surface area contributed by atoms with Gasteiger partial charge in [0.25, 0.3) is 0 Å². The normalized spacial score (nSPS) is 17.1. The van der Waals surface area contributed by atoms with Crippen molar-refractivity contribution in [3.8, 4) is 0 Å². The van der Waals surface area contributed by atoms with Crippen LogP contribution in [0.15, 0.2) is 112 Å². The molecule has 0 N–H and O–H groups in total. The van der Waals surface area contributed by atoms with Crippen molar-refractivity contribution < 1.29 is 0 Å². The van der Waals surface area contributed by atoms with Gasteiger partial charge in [0.1, 0.15) is 11.4 Å². The van der Waals surface area contributed by atoms with E-state index in [1.54, 1.807) is 0 Å². The number of rotatable bonds is 10. The summed E-state index contributed by atoms with van der Waals surface area (Å²) in [4.78, 5) is 10.1. The van der Waals surface area contributed by atoms with Gasteiger partial charge in [0.15, 0.2) is 0 Å². The average molecular weight is 513 g/mol. The van der Waals surface area contributed by atoms with Crippen LogP contribution in [0.1, 0.15) is 88.7 Å². The standard InChI is InChI=1S/C37H40N2/c1-5-9-11-12-13-19-31-24-25-38-36-26-32(31)22-23-33-34(29(7-3)18-10-6-2)27-35(39-37(33)36)30(8-4)21-20-28-16-14-15-17-28/h7,9-15,18,20-25,27H,5-6,8,16-17,19H2,1-4H3/b11-9-,13-12-,18-10-,29-7+,30-21+. The van der Waals surface area contributed by atoms with Gasteiger partial charge in [0.2, 0.25) is 0 Å². The van der Waals surface area contributed by atoms with Gasteiger partial charge in [-0.25, -0.2) is 9.98 Å². The Morgan fingerprint density at radius 3 is 2.54 bits per heavy atom. The molecule has 1 aromatic rings.